The summed E-state index contributed by atoms with van der Waals surface area (Å²) in [4.78, 5) is 14.4. The fraction of sp³-hybridized carbons (Fsp3) is 0.190. The van der Waals surface area contributed by atoms with Gasteiger partial charge in [0, 0.05) is 11.6 Å². The fourth-order valence-corrected chi connectivity index (χ4v) is 4.08. The first-order valence-electron chi connectivity index (χ1n) is 8.70. The molecule has 0 radical (unpaired) electrons. The molecule has 1 atom stereocenters. The molecule has 7 heteroatoms. The Morgan fingerprint density at radius 1 is 1.29 bits per heavy atom. The average Bonchev–Trinajstić information content (AvgIpc) is 2.98. The quantitative estimate of drug-likeness (QED) is 0.381. The Bertz CT molecular complexity index is 943. The van der Waals surface area contributed by atoms with Crippen molar-refractivity contribution in [2.75, 3.05) is 6.54 Å². The maximum atomic E-state index is 13.1. The largest absolute Gasteiger partial charge is 0.285 e. The summed E-state index contributed by atoms with van der Waals surface area (Å²) in [6.45, 7) is 5.86. The van der Waals surface area contributed by atoms with Crippen LogP contribution in [0, 0.1) is 5.82 Å². The number of amidine groups is 1. The second kappa shape index (κ2) is 9.17. The highest BCUT2D eigenvalue weighted by atomic mass is 35.5. The van der Waals surface area contributed by atoms with E-state index < -0.39 is 0 Å². The van der Waals surface area contributed by atoms with E-state index in [1.807, 2.05) is 24.3 Å². The van der Waals surface area contributed by atoms with Gasteiger partial charge < -0.3 is 0 Å². The smallest absolute Gasteiger partial charge is 0.242 e. The third kappa shape index (κ3) is 4.69. The van der Waals surface area contributed by atoms with Crippen LogP contribution in [0.1, 0.15) is 18.1 Å². The van der Waals surface area contributed by atoms with E-state index >= 15 is 0 Å². The average molecular weight is 416 g/mol. The van der Waals surface area contributed by atoms with Crippen molar-refractivity contribution in [3.8, 4) is 0 Å². The summed E-state index contributed by atoms with van der Waals surface area (Å²) in [7, 11) is 0. The van der Waals surface area contributed by atoms with Crippen molar-refractivity contribution in [2.45, 2.75) is 18.6 Å². The molecule has 1 unspecified atom stereocenters. The zero-order chi connectivity index (χ0) is 20.1. The molecule has 0 saturated carbocycles. The van der Waals surface area contributed by atoms with E-state index in [0.29, 0.717) is 28.9 Å². The van der Waals surface area contributed by atoms with Crippen molar-refractivity contribution < 1.29 is 9.18 Å². The van der Waals surface area contributed by atoms with Crippen LogP contribution in [0.3, 0.4) is 0 Å². The van der Waals surface area contributed by atoms with E-state index in [1.54, 1.807) is 30.0 Å². The minimum absolute atomic E-state index is 0.0433. The van der Waals surface area contributed by atoms with Gasteiger partial charge in [-0.15, -0.1) is 11.7 Å². The van der Waals surface area contributed by atoms with Crippen LogP contribution in [-0.4, -0.2) is 33.5 Å². The SMILES string of the molecule is C=CCN1C(=O)C(Cc2ccccc2Cl)S/C1=N/N=C(\C)c1ccc(F)cc1. The van der Waals surface area contributed by atoms with Crippen LogP contribution in [-0.2, 0) is 11.2 Å². The van der Waals surface area contributed by atoms with Gasteiger partial charge in [-0.2, -0.15) is 5.10 Å². The number of halogens is 2. The van der Waals surface area contributed by atoms with Crippen LogP contribution in [0.4, 0.5) is 4.39 Å². The Kier molecular flexibility index (Phi) is 6.65. The molecule has 2 aromatic rings. The van der Waals surface area contributed by atoms with Crippen molar-refractivity contribution in [1.82, 2.24) is 4.90 Å². The summed E-state index contributed by atoms with van der Waals surface area (Å²) in [6, 6.07) is 13.5. The summed E-state index contributed by atoms with van der Waals surface area (Å²) < 4.78 is 13.1. The molecule has 0 spiro atoms. The van der Waals surface area contributed by atoms with E-state index in [2.05, 4.69) is 16.8 Å². The van der Waals surface area contributed by atoms with Crippen LogP contribution in [0.5, 0.6) is 0 Å². The number of carbonyl (C=O) groups excluding carboxylic acids is 1. The molecule has 1 fully saturated rings. The zero-order valence-electron chi connectivity index (χ0n) is 15.3. The van der Waals surface area contributed by atoms with Gasteiger partial charge in [0.15, 0.2) is 5.17 Å². The summed E-state index contributed by atoms with van der Waals surface area (Å²) in [5.41, 5.74) is 2.32. The predicted octanol–water partition coefficient (Wildman–Crippen LogP) is 4.93. The van der Waals surface area contributed by atoms with Gasteiger partial charge in [-0.1, -0.05) is 59.8 Å². The molecule has 1 aliphatic rings. The number of hydrogen-bond donors (Lipinski definition) is 0. The molecule has 0 aromatic heterocycles. The van der Waals surface area contributed by atoms with Crippen LogP contribution in [0.2, 0.25) is 5.02 Å². The molecule has 0 N–H and O–H groups in total. The van der Waals surface area contributed by atoms with Crippen molar-refractivity contribution in [3.05, 3.63) is 83.2 Å². The molecule has 1 aliphatic heterocycles. The van der Waals surface area contributed by atoms with Gasteiger partial charge in [-0.25, -0.2) is 4.39 Å². The maximum absolute atomic E-state index is 13.1. The lowest BCUT2D eigenvalue weighted by Gasteiger charge is -2.13. The molecule has 1 amide bonds. The highest BCUT2D eigenvalue weighted by Crippen LogP contribution is 2.31. The molecule has 28 heavy (non-hydrogen) atoms. The van der Waals surface area contributed by atoms with Gasteiger partial charge >= 0.3 is 0 Å². The van der Waals surface area contributed by atoms with E-state index in [4.69, 9.17) is 11.6 Å². The molecule has 3 rings (SSSR count). The van der Waals surface area contributed by atoms with Crippen molar-refractivity contribution in [2.24, 2.45) is 10.2 Å². The molecule has 144 valence electrons. The number of rotatable bonds is 6. The van der Waals surface area contributed by atoms with Gasteiger partial charge in [0.05, 0.1) is 11.0 Å². The summed E-state index contributed by atoms with van der Waals surface area (Å²) in [5.74, 6) is -0.349. The zero-order valence-corrected chi connectivity index (χ0v) is 16.9. The molecule has 2 aromatic carbocycles. The second-order valence-corrected chi connectivity index (χ2v) is 7.79. The van der Waals surface area contributed by atoms with Gasteiger partial charge in [0.1, 0.15) is 5.82 Å². The monoisotopic (exact) mass is 415 g/mol. The number of thioether (sulfide) groups is 1. The molecule has 0 aliphatic carbocycles. The lowest BCUT2D eigenvalue weighted by atomic mass is 10.1. The number of hydrogen-bond acceptors (Lipinski definition) is 4. The highest BCUT2D eigenvalue weighted by molar-refractivity contribution is 8.15. The number of benzene rings is 2. The summed E-state index contributed by atoms with van der Waals surface area (Å²) in [5, 5.41) is 9.36. The standard InChI is InChI=1S/C21H19ClFN3OS/c1-3-12-26-20(27)19(13-16-6-4-5-7-18(16)22)28-21(26)25-24-14(2)15-8-10-17(23)11-9-15/h3-11,19H,1,12-13H2,2H3/b24-14+,25-21+. The Labute approximate surface area is 172 Å². The van der Waals surface area contributed by atoms with Gasteiger partial charge in [-0.3, -0.25) is 9.69 Å². The molecule has 1 saturated heterocycles. The summed E-state index contributed by atoms with van der Waals surface area (Å²) >= 11 is 7.60. The third-order valence-electron chi connectivity index (χ3n) is 4.24. The molecule has 4 nitrogen and oxygen atoms in total. The Balaban J connectivity index is 1.82. The Hall–Kier alpha value is -2.44. The Morgan fingerprint density at radius 2 is 2.00 bits per heavy atom. The van der Waals surface area contributed by atoms with E-state index in [9.17, 15) is 9.18 Å². The lowest BCUT2D eigenvalue weighted by molar-refractivity contribution is -0.125. The normalized spacial score (nSPS) is 18.8. The first-order valence-corrected chi connectivity index (χ1v) is 9.96. The number of amides is 1. The van der Waals surface area contributed by atoms with E-state index in [0.717, 1.165) is 11.1 Å². The topological polar surface area (TPSA) is 45.0 Å². The Morgan fingerprint density at radius 3 is 2.68 bits per heavy atom. The predicted molar refractivity (Wildman–Crippen MR) is 114 cm³/mol. The lowest BCUT2D eigenvalue weighted by Crippen LogP contribution is -2.32. The number of nitrogens with zero attached hydrogens (tertiary/aromatic N) is 3. The van der Waals surface area contributed by atoms with Crippen LogP contribution < -0.4 is 0 Å². The molecule has 0 bridgehead atoms. The van der Waals surface area contributed by atoms with Gasteiger partial charge in [-0.05, 0) is 42.7 Å². The van der Waals surface area contributed by atoms with E-state index in [-0.39, 0.29) is 17.0 Å². The second-order valence-electron chi connectivity index (χ2n) is 6.21. The fourth-order valence-electron chi connectivity index (χ4n) is 2.74. The minimum atomic E-state index is -0.320. The molecule has 1 heterocycles. The van der Waals surface area contributed by atoms with E-state index in [1.165, 1.54) is 23.9 Å². The van der Waals surface area contributed by atoms with Crippen molar-refractivity contribution in [3.63, 3.8) is 0 Å². The summed E-state index contributed by atoms with van der Waals surface area (Å²) in [6.07, 6.45) is 2.17. The van der Waals surface area contributed by atoms with Crippen molar-refractivity contribution in [1.29, 1.82) is 0 Å². The molecular weight excluding hydrogens is 397 g/mol. The first-order chi connectivity index (χ1) is 13.5. The van der Waals surface area contributed by atoms with Crippen molar-refractivity contribution >= 4 is 40.1 Å². The van der Waals surface area contributed by atoms with Gasteiger partial charge in [0.2, 0.25) is 5.91 Å². The molecular formula is C21H19ClFN3OS. The van der Waals surface area contributed by atoms with Crippen LogP contribution in [0.15, 0.2) is 71.4 Å². The van der Waals surface area contributed by atoms with Crippen LogP contribution >= 0.6 is 23.4 Å². The van der Waals surface area contributed by atoms with Crippen LogP contribution in [0.25, 0.3) is 0 Å². The third-order valence-corrected chi connectivity index (χ3v) is 5.78. The number of carbonyl (C=O) groups is 1. The first kappa shape index (κ1) is 20.3. The minimum Gasteiger partial charge on any atom is -0.285 e. The highest BCUT2D eigenvalue weighted by Gasteiger charge is 2.37. The maximum Gasteiger partial charge on any atom is 0.242 e. The van der Waals surface area contributed by atoms with Gasteiger partial charge in [0.25, 0.3) is 0 Å².